The van der Waals surface area contributed by atoms with Gasteiger partial charge in [-0.3, -0.25) is 4.98 Å². The summed E-state index contributed by atoms with van der Waals surface area (Å²) in [6, 6.07) is 1.13. The second-order valence-corrected chi connectivity index (χ2v) is 3.00. The van der Waals surface area contributed by atoms with Crippen molar-refractivity contribution in [1.29, 1.82) is 0 Å². The minimum atomic E-state index is -1.14. The van der Waals surface area contributed by atoms with Crippen molar-refractivity contribution in [2.45, 2.75) is 12.2 Å². The van der Waals surface area contributed by atoms with Gasteiger partial charge in [0.15, 0.2) is 0 Å². The number of hydrogen-bond donors (Lipinski definition) is 3. The van der Waals surface area contributed by atoms with Crippen molar-refractivity contribution in [3.05, 3.63) is 29.8 Å². The molecule has 2 N–H and O–H groups in total. The summed E-state index contributed by atoms with van der Waals surface area (Å²) in [5.74, 6) is -0.430. The molecule has 0 spiro atoms. The Morgan fingerprint density at radius 1 is 1.46 bits per heavy atom. The van der Waals surface area contributed by atoms with Gasteiger partial charge in [-0.25, -0.2) is 4.39 Å². The SMILES string of the molecule is OC(CS)C(O)c1cncc(F)c1. The Hall–Kier alpha value is -0.650. The van der Waals surface area contributed by atoms with Gasteiger partial charge in [-0.1, -0.05) is 0 Å². The zero-order valence-electron chi connectivity index (χ0n) is 6.76. The van der Waals surface area contributed by atoms with Gasteiger partial charge < -0.3 is 10.2 Å². The maximum absolute atomic E-state index is 12.6. The Bertz CT molecular complexity index is 285. The lowest BCUT2D eigenvalue weighted by Crippen LogP contribution is -2.19. The molecular formula is C8H10FNO2S. The summed E-state index contributed by atoms with van der Waals surface area (Å²) in [6.07, 6.45) is 0.191. The summed E-state index contributed by atoms with van der Waals surface area (Å²) >= 11 is 3.81. The lowest BCUT2D eigenvalue weighted by molar-refractivity contribution is 0.0333. The van der Waals surface area contributed by atoms with E-state index in [1.165, 1.54) is 6.20 Å². The highest BCUT2D eigenvalue weighted by Crippen LogP contribution is 2.17. The first-order valence-corrected chi connectivity index (χ1v) is 4.36. The molecule has 1 heterocycles. The van der Waals surface area contributed by atoms with E-state index in [1.807, 2.05) is 0 Å². The van der Waals surface area contributed by atoms with Crippen LogP contribution >= 0.6 is 12.6 Å². The van der Waals surface area contributed by atoms with Crippen LogP contribution in [0.3, 0.4) is 0 Å². The first-order chi connectivity index (χ1) is 6.15. The van der Waals surface area contributed by atoms with Crippen LogP contribution in [0, 0.1) is 5.82 Å². The second-order valence-electron chi connectivity index (χ2n) is 2.63. The third-order valence-electron chi connectivity index (χ3n) is 1.62. The lowest BCUT2D eigenvalue weighted by Gasteiger charge is -2.15. The van der Waals surface area contributed by atoms with Crippen LogP contribution in [-0.2, 0) is 0 Å². The van der Waals surface area contributed by atoms with Gasteiger partial charge >= 0.3 is 0 Å². The average Bonchev–Trinajstić information content (AvgIpc) is 2.15. The number of pyridine rings is 1. The quantitative estimate of drug-likeness (QED) is 0.629. The summed E-state index contributed by atoms with van der Waals surface area (Å²) < 4.78 is 12.6. The molecule has 0 aliphatic rings. The minimum Gasteiger partial charge on any atom is -0.389 e. The van der Waals surface area contributed by atoms with Crippen molar-refractivity contribution in [1.82, 2.24) is 4.98 Å². The monoisotopic (exact) mass is 203 g/mol. The molecule has 2 unspecified atom stereocenters. The van der Waals surface area contributed by atoms with Gasteiger partial charge in [0.25, 0.3) is 0 Å². The van der Waals surface area contributed by atoms with Crippen LogP contribution < -0.4 is 0 Å². The van der Waals surface area contributed by atoms with E-state index in [0.29, 0.717) is 0 Å². The van der Waals surface area contributed by atoms with E-state index in [0.717, 1.165) is 12.3 Å². The van der Waals surface area contributed by atoms with E-state index in [-0.39, 0.29) is 11.3 Å². The molecule has 5 heteroatoms. The number of nitrogens with zero attached hydrogens (tertiary/aromatic N) is 1. The Morgan fingerprint density at radius 2 is 2.15 bits per heavy atom. The summed E-state index contributed by atoms with van der Waals surface area (Å²) in [6.45, 7) is 0. The van der Waals surface area contributed by atoms with Crippen molar-refractivity contribution < 1.29 is 14.6 Å². The van der Waals surface area contributed by atoms with Gasteiger partial charge in [0, 0.05) is 17.5 Å². The maximum atomic E-state index is 12.6. The second kappa shape index (κ2) is 4.55. The van der Waals surface area contributed by atoms with Crippen LogP contribution in [0.2, 0.25) is 0 Å². The number of aliphatic hydroxyl groups excluding tert-OH is 2. The number of hydrogen-bond acceptors (Lipinski definition) is 4. The molecule has 1 aromatic heterocycles. The standard InChI is InChI=1S/C8H10FNO2S/c9-6-1-5(2-10-3-6)8(12)7(11)4-13/h1-3,7-8,11-13H,4H2. The molecule has 0 aliphatic heterocycles. The Kier molecular flexibility index (Phi) is 3.65. The fourth-order valence-corrected chi connectivity index (χ4v) is 1.11. The fourth-order valence-electron chi connectivity index (χ4n) is 0.912. The summed E-state index contributed by atoms with van der Waals surface area (Å²) in [5, 5.41) is 18.6. The molecule has 0 saturated carbocycles. The Balaban J connectivity index is 2.82. The normalized spacial score (nSPS) is 15.4. The topological polar surface area (TPSA) is 53.4 Å². The highest BCUT2D eigenvalue weighted by Gasteiger charge is 2.17. The molecule has 0 fully saturated rings. The van der Waals surface area contributed by atoms with Crippen molar-refractivity contribution in [2.24, 2.45) is 0 Å². The van der Waals surface area contributed by atoms with Crippen LogP contribution in [0.4, 0.5) is 4.39 Å². The third kappa shape index (κ3) is 2.65. The Morgan fingerprint density at radius 3 is 2.69 bits per heavy atom. The first kappa shape index (κ1) is 10.4. The molecule has 1 rings (SSSR count). The fraction of sp³-hybridized carbons (Fsp3) is 0.375. The molecule has 13 heavy (non-hydrogen) atoms. The number of aromatic nitrogens is 1. The van der Waals surface area contributed by atoms with Gasteiger partial charge in [-0.15, -0.1) is 0 Å². The van der Waals surface area contributed by atoms with Crippen molar-refractivity contribution in [3.8, 4) is 0 Å². The number of thiol groups is 1. The highest BCUT2D eigenvalue weighted by atomic mass is 32.1. The Labute approximate surface area is 80.7 Å². The number of halogens is 1. The van der Waals surface area contributed by atoms with E-state index in [2.05, 4.69) is 17.6 Å². The highest BCUT2D eigenvalue weighted by molar-refractivity contribution is 7.80. The smallest absolute Gasteiger partial charge is 0.141 e. The first-order valence-electron chi connectivity index (χ1n) is 3.72. The van der Waals surface area contributed by atoms with Crippen LogP contribution in [0.5, 0.6) is 0 Å². The number of aliphatic hydroxyl groups is 2. The number of rotatable bonds is 3. The third-order valence-corrected chi connectivity index (χ3v) is 1.99. The predicted molar refractivity (Wildman–Crippen MR) is 49.0 cm³/mol. The van der Waals surface area contributed by atoms with Crippen LogP contribution in [0.25, 0.3) is 0 Å². The van der Waals surface area contributed by atoms with Gasteiger partial charge in [0.05, 0.1) is 12.3 Å². The molecule has 3 nitrogen and oxygen atoms in total. The molecule has 0 aromatic carbocycles. The molecule has 72 valence electrons. The van der Waals surface area contributed by atoms with E-state index in [9.17, 15) is 14.6 Å². The van der Waals surface area contributed by atoms with Gasteiger partial charge in [0.2, 0.25) is 0 Å². The van der Waals surface area contributed by atoms with Gasteiger partial charge in [0.1, 0.15) is 11.9 Å². The van der Waals surface area contributed by atoms with Crippen molar-refractivity contribution in [2.75, 3.05) is 5.75 Å². The van der Waals surface area contributed by atoms with Crippen molar-refractivity contribution >= 4 is 12.6 Å². The largest absolute Gasteiger partial charge is 0.389 e. The summed E-state index contributed by atoms with van der Waals surface area (Å²) in [7, 11) is 0. The summed E-state index contributed by atoms with van der Waals surface area (Å²) in [4.78, 5) is 3.55. The zero-order valence-corrected chi connectivity index (χ0v) is 7.66. The molecule has 0 saturated heterocycles. The van der Waals surface area contributed by atoms with E-state index >= 15 is 0 Å². The maximum Gasteiger partial charge on any atom is 0.141 e. The van der Waals surface area contributed by atoms with Gasteiger partial charge in [-0.05, 0) is 6.07 Å². The lowest BCUT2D eigenvalue weighted by atomic mass is 10.1. The van der Waals surface area contributed by atoms with Crippen LogP contribution in [-0.4, -0.2) is 27.1 Å². The van der Waals surface area contributed by atoms with Gasteiger partial charge in [-0.2, -0.15) is 12.6 Å². The molecule has 0 aliphatic carbocycles. The average molecular weight is 203 g/mol. The molecule has 0 amide bonds. The molecular weight excluding hydrogens is 193 g/mol. The van der Waals surface area contributed by atoms with Crippen LogP contribution in [0.1, 0.15) is 11.7 Å². The summed E-state index contributed by atoms with van der Waals surface area (Å²) in [5.41, 5.74) is 0.251. The van der Waals surface area contributed by atoms with E-state index in [4.69, 9.17) is 0 Å². The zero-order chi connectivity index (χ0) is 9.84. The minimum absolute atomic E-state index is 0.109. The molecule has 0 radical (unpaired) electrons. The van der Waals surface area contributed by atoms with E-state index < -0.39 is 18.0 Å². The molecule has 2 atom stereocenters. The van der Waals surface area contributed by atoms with E-state index in [1.54, 1.807) is 0 Å². The molecule has 1 aromatic rings. The predicted octanol–water partition coefficient (Wildman–Crippen LogP) is 0.545. The van der Waals surface area contributed by atoms with Crippen LogP contribution in [0.15, 0.2) is 18.5 Å². The van der Waals surface area contributed by atoms with Crippen molar-refractivity contribution in [3.63, 3.8) is 0 Å². The molecule has 0 bridgehead atoms.